The Bertz CT molecular complexity index is 528. The van der Waals surface area contributed by atoms with Crippen LogP contribution in [0.4, 0.5) is 0 Å². The van der Waals surface area contributed by atoms with Crippen LogP contribution < -0.4 is 4.74 Å². The first-order chi connectivity index (χ1) is 7.65. The molecule has 2 aromatic heterocycles. The molecule has 0 amide bonds. The molecular weight excluding hydrogens is 264 g/mol. The monoisotopic (exact) mass is 272 g/mol. The van der Waals surface area contributed by atoms with Crippen molar-refractivity contribution in [2.45, 2.75) is 6.92 Å². The smallest absolute Gasteiger partial charge is 0.218 e. The lowest BCUT2D eigenvalue weighted by Crippen LogP contribution is -1.98. The average Bonchev–Trinajstić information content (AvgIpc) is 2.86. The van der Waals surface area contributed by atoms with Gasteiger partial charge in [-0.25, -0.2) is 0 Å². The van der Waals surface area contributed by atoms with Gasteiger partial charge in [0.1, 0.15) is 10.6 Å². The maximum absolute atomic E-state index is 12.2. The van der Waals surface area contributed by atoms with Gasteiger partial charge in [-0.15, -0.1) is 22.7 Å². The van der Waals surface area contributed by atoms with Crippen molar-refractivity contribution < 1.29 is 9.53 Å². The van der Waals surface area contributed by atoms with E-state index in [1.165, 1.54) is 22.7 Å². The molecule has 0 atom stereocenters. The molecule has 0 aromatic carbocycles. The van der Waals surface area contributed by atoms with Crippen LogP contribution in [0.5, 0.6) is 5.75 Å². The number of hydrogen-bond donors (Lipinski definition) is 0. The van der Waals surface area contributed by atoms with Crippen LogP contribution in [-0.2, 0) is 0 Å². The number of ether oxygens (including phenoxy) is 1. The van der Waals surface area contributed by atoms with Gasteiger partial charge in [-0.2, -0.15) is 0 Å². The molecule has 0 spiro atoms. The SMILES string of the molecule is COc1ccsc1C(=O)c1scc(C)c1Cl. The van der Waals surface area contributed by atoms with Crippen molar-refractivity contribution in [1.82, 2.24) is 0 Å². The molecular formula is C11H9ClO2S2. The number of aryl methyl sites for hydroxylation is 1. The molecule has 2 rings (SSSR count). The molecule has 0 unspecified atom stereocenters. The number of carbonyl (C=O) groups is 1. The van der Waals surface area contributed by atoms with Crippen molar-refractivity contribution in [2.75, 3.05) is 7.11 Å². The molecule has 2 heterocycles. The van der Waals surface area contributed by atoms with Crippen molar-refractivity contribution in [1.29, 1.82) is 0 Å². The first kappa shape index (κ1) is 11.6. The van der Waals surface area contributed by atoms with Crippen LogP contribution in [0, 0.1) is 6.92 Å². The van der Waals surface area contributed by atoms with Gasteiger partial charge in [0.25, 0.3) is 0 Å². The van der Waals surface area contributed by atoms with Gasteiger partial charge in [-0.1, -0.05) is 11.6 Å². The fraction of sp³-hybridized carbons (Fsp3) is 0.182. The molecule has 0 radical (unpaired) electrons. The second-order valence-electron chi connectivity index (χ2n) is 3.21. The minimum absolute atomic E-state index is 0.0602. The van der Waals surface area contributed by atoms with E-state index in [2.05, 4.69) is 0 Å². The molecule has 0 aliphatic heterocycles. The fourth-order valence-corrected chi connectivity index (χ4v) is 3.40. The Morgan fingerprint density at radius 3 is 2.69 bits per heavy atom. The summed E-state index contributed by atoms with van der Waals surface area (Å²) >= 11 is 8.81. The zero-order valence-corrected chi connectivity index (χ0v) is 11.1. The number of methoxy groups -OCH3 is 1. The molecule has 16 heavy (non-hydrogen) atoms. The topological polar surface area (TPSA) is 26.3 Å². The Kier molecular flexibility index (Phi) is 3.33. The third-order valence-electron chi connectivity index (χ3n) is 2.16. The van der Waals surface area contributed by atoms with E-state index in [1.807, 2.05) is 17.7 Å². The van der Waals surface area contributed by atoms with Crippen LogP contribution in [0.25, 0.3) is 0 Å². The zero-order chi connectivity index (χ0) is 11.7. The van der Waals surface area contributed by atoms with E-state index >= 15 is 0 Å². The van der Waals surface area contributed by atoms with Crippen molar-refractivity contribution in [3.05, 3.63) is 37.2 Å². The lowest BCUT2D eigenvalue weighted by atomic mass is 10.2. The molecule has 5 heteroatoms. The third-order valence-corrected chi connectivity index (χ3v) is 4.75. The second-order valence-corrected chi connectivity index (χ2v) is 5.38. The Labute approximate surface area is 106 Å². The molecule has 2 aromatic rings. The molecule has 0 saturated heterocycles. The summed E-state index contributed by atoms with van der Waals surface area (Å²) in [6.07, 6.45) is 0. The highest BCUT2D eigenvalue weighted by atomic mass is 35.5. The second kappa shape index (κ2) is 4.57. The zero-order valence-electron chi connectivity index (χ0n) is 8.74. The lowest BCUT2D eigenvalue weighted by molar-refractivity contribution is 0.104. The van der Waals surface area contributed by atoms with E-state index in [0.29, 0.717) is 20.5 Å². The molecule has 2 nitrogen and oxygen atoms in total. The standard InChI is InChI=1S/C11H9ClO2S2/c1-6-5-16-11(8(6)12)9(13)10-7(14-2)3-4-15-10/h3-5H,1-2H3. The maximum Gasteiger partial charge on any atom is 0.218 e. The normalized spacial score (nSPS) is 10.4. The summed E-state index contributed by atoms with van der Waals surface area (Å²) in [5.74, 6) is 0.548. The first-order valence-corrected chi connectivity index (χ1v) is 6.68. The summed E-state index contributed by atoms with van der Waals surface area (Å²) in [4.78, 5) is 13.4. The first-order valence-electron chi connectivity index (χ1n) is 4.55. The van der Waals surface area contributed by atoms with Crippen LogP contribution in [0.2, 0.25) is 5.02 Å². The molecule has 0 N–H and O–H groups in total. The summed E-state index contributed by atoms with van der Waals surface area (Å²) in [5, 5.41) is 4.27. The number of hydrogen-bond acceptors (Lipinski definition) is 4. The Hall–Kier alpha value is -0.840. The highest BCUT2D eigenvalue weighted by molar-refractivity contribution is 7.16. The predicted octanol–water partition coefficient (Wildman–Crippen LogP) is 4.01. The van der Waals surface area contributed by atoms with Gasteiger partial charge in [-0.05, 0) is 29.3 Å². The van der Waals surface area contributed by atoms with Gasteiger partial charge in [0.2, 0.25) is 5.78 Å². The van der Waals surface area contributed by atoms with Crippen LogP contribution in [0.15, 0.2) is 16.8 Å². The summed E-state index contributed by atoms with van der Waals surface area (Å²) in [7, 11) is 1.56. The highest BCUT2D eigenvalue weighted by Gasteiger charge is 2.20. The van der Waals surface area contributed by atoms with E-state index in [4.69, 9.17) is 16.3 Å². The van der Waals surface area contributed by atoms with Gasteiger partial charge >= 0.3 is 0 Å². The molecule has 0 fully saturated rings. The molecule has 0 aliphatic rings. The molecule has 0 bridgehead atoms. The molecule has 84 valence electrons. The van der Waals surface area contributed by atoms with Crippen molar-refractivity contribution >= 4 is 40.1 Å². The number of halogens is 1. The maximum atomic E-state index is 12.2. The third kappa shape index (κ3) is 1.88. The Morgan fingerprint density at radius 1 is 1.38 bits per heavy atom. The fourth-order valence-electron chi connectivity index (χ4n) is 1.31. The summed E-state index contributed by atoms with van der Waals surface area (Å²) in [5.41, 5.74) is 0.936. The summed E-state index contributed by atoms with van der Waals surface area (Å²) in [6.45, 7) is 1.89. The van der Waals surface area contributed by atoms with Gasteiger partial charge in [0.05, 0.1) is 17.0 Å². The Balaban J connectivity index is 2.43. The van der Waals surface area contributed by atoms with E-state index in [0.717, 1.165) is 5.56 Å². The largest absolute Gasteiger partial charge is 0.495 e. The molecule has 0 aliphatic carbocycles. The van der Waals surface area contributed by atoms with E-state index in [9.17, 15) is 4.79 Å². The number of ketones is 1. The minimum atomic E-state index is -0.0602. The number of thiophene rings is 2. The van der Waals surface area contributed by atoms with Crippen molar-refractivity contribution in [3.63, 3.8) is 0 Å². The Morgan fingerprint density at radius 2 is 2.12 bits per heavy atom. The highest BCUT2D eigenvalue weighted by Crippen LogP contribution is 2.33. The minimum Gasteiger partial charge on any atom is -0.495 e. The van der Waals surface area contributed by atoms with Gasteiger partial charge in [-0.3, -0.25) is 4.79 Å². The van der Waals surface area contributed by atoms with Crippen LogP contribution in [-0.4, -0.2) is 12.9 Å². The van der Waals surface area contributed by atoms with E-state index < -0.39 is 0 Å². The van der Waals surface area contributed by atoms with Crippen LogP contribution >= 0.6 is 34.3 Å². The van der Waals surface area contributed by atoms with Gasteiger partial charge < -0.3 is 4.74 Å². The van der Waals surface area contributed by atoms with Crippen molar-refractivity contribution in [3.8, 4) is 5.75 Å². The van der Waals surface area contributed by atoms with Crippen molar-refractivity contribution in [2.24, 2.45) is 0 Å². The van der Waals surface area contributed by atoms with Crippen LogP contribution in [0.3, 0.4) is 0 Å². The van der Waals surface area contributed by atoms with E-state index in [-0.39, 0.29) is 5.78 Å². The average molecular weight is 273 g/mol. The molecule has 0 saturated carbocycles. The van der Waals surface area contributed by atoms with Gasteiger partial charge in [0.15, 0.2) is 0 Å². The summed E-state index contributed by atoms with van der Waals surface area (Å²) < 4.78 is 5.13. The summed E-state index contributed by atoms with van der Waals surface area (Å²) in [6, 6.07) is 1.78. The number of rotatable bonds is 3. The van der Waals surface area contributed by atoms with E-state index in [1.54, 1.807) is 13.2 Å². The lowest BCUT2D eigenvalue weighted by Gasteiger charge is -2.00. The van der Waals surface area contributed by atoms with Gasteiger partial charge in [0, 0.05) is 0 Å². The number of carbonyl (C=O) groups excluding carboxylic acids is 1. The van der Waals surface area contributed by atoms with Crippen LogP contribution in [0.1, 0.15) is 20.1 Å². The predicted molar refractivity (Wildman–Crippen MR) is 68.4 cm³/mol. The quantitative estimate of drug-likeness (QED) is 0.789.